The van der Waals surface area contributed by atoms with Crippen LogP contribution >= 0.6 is 0 Å². The molecule has 0 aromatic carbocycles. The third kappa shape index (κ3) is 1.73. The first-order valence-electron chi connectivity index (χ1n) is 5.80. The molecule has 3 nitrogen and oxygen atoms in total. The summed E-state index contributed by atoms with van der Waals surface area (Å²) in [6.45, 7) is 2.12. The molecule has 0 N–H and O–H groups in total. The van der Waals surface area contributed by atoms with Crippen LogP contribution in [0.15, 0.2) is 42.4 Å². The van der Waals surface area contributed by atoms with Gasteiger partial charge in [0.2, 0.25) is 0 Å². The van der Waals surface area contributed by atoms with Crippen LogP contribution in [0.1, 0.15) is 12.8 Å². The molecule has 0 spiro atoms. The van der Waals surface area contributed by atoms with Crippen molar-refractivity contribution < 1.29 is 0 Å². The fourth-order valence-corrected chi connectivity index (χ4v) is 2.48. The minimum absolute atomic E-state index is 0.767. The lowest BCUT2D eigenvalue weighted by Crippen LogP contribution is -2.36. The molecule has 16 heavy (non-hydrogen) atoms. The van der Waals surface area contributed by atoms with Gasteiger partial charge in [-0.1, -0.05) is 18.2 Å². The highest BCUT2D eigenvalue weighted by Gasteiger charge is 2.24. The lowest BCUT2D eigenvalue weighted by atomic mass is 9.85. The molecule has 0 radical (unpaired) electrons. The molecule has 1 atom stereocenters. The molecule has 0 bridgehead atoms. The van der Waals surface area contributed by atoms with Crippen molar-refractivity contribution in [1.82, 2.24) is 9.97 Å². The van der Waals surface area contributed by atoms with Crippen molar-refractivity contribution >= 4 is 5.82 Å². The Morgan fingerprint density at radius 3 is 3.25 bits per heavy atom. The van der Waals surface area contributed by atoms with E-state index in [4.69, 9.17) is 0 Å². The summed E-state index contributed by atoms with van der Waals surface area (Å²) >= 11 is 0. The molecule has 2 heterocycles. The third-order valence-electron chi connectivity index (χ3n) is 3.40. The molecule has 3 heteroatoms. The smallest absolute Gasteiger partial charge is 0.132 e. The van der Waals surface area contributed by atoms with E-state index in [1.807, 2.05) is 12.3 Å². The van der Waals surface area contributed by atoms with E-state index in [2.05, 4.69) is 33.1 Å². The van der Waals surface area contributed by atoms with E-state index < -0.39 is 0 Å². The SMILES string of the molecule is C1=CCC2CCN(c3ccncn3)CC2=C1. The zero-order valence-electron chi connectivity index (χ0n) is 9.21. The summed E-state index contributed by atoms with van der Waals surface area (Å²) in [4.78, 5) is 10.6. The normalized spacial score (nSPS) is 23.9. The Kier molecular flexibility index (Phi) is 2.44. The van der Waals surface area contributed by atoms with Gasteiger partial charge in [-0.2, -0.15) is 0 Å². The molecule has 1 aliphatic carbocycles. The number of piperidine rings is 1. The largest absolute Gasteiger partial charge is 0.352 e. The zero-order chi connectivity index (χ0) is 10.8. The molecule has 1 saturated heterocycles. The van der Waals surface area contributed by atoms with E-state index in [1.165, 1.54) is 12.8 Å². The van der Waals surface area contributed by atoms with Crippen LogP contribution in [0.3, 0.4) is 0 Å². The Balaban J connectivity index is 1.80. The van der Waals surface area contributed by atoms with Gasteiger partial charge < -0.3 is 4.90 Å². The number of hydrogen-bond donors (Lipinski definition) is 0. The number of fused-ring (bicyclic) bond motifs is 1. The van der Waals surface area contributed by atoms with Crippen LogP contribution in [0.4, 0.5) is 5.82 Å². The second-order valence-corrected chi connectivity index (χ2v) is 4.38. The summed E-state index contributed by atoms with van der Waals surface area (Å²) in [6.07, 6.45) is 12.6. The zero-order valence-corrected chi connectivity index (χ0v) is 9.21. The van der Waals surface area contributed by atoms with E-state index in [1.54, 1.807) is 11.9 Å². The van der Waals surface area contributed by atoms with Gasteiger partial charge in [0.1, 0.15) is 12.1 Å². The standard InChI is InChI=1S/C13H15N3/c1-2-4-12-9-16(8-6-11(12)3-1)13-5-7-14-10-15-13/h1-2,4-5,7,10-11H,3,6,8-9H2. The molecular formula is C13H15N3. The van der Waals surface area contributed by atoms with Gasteiger partial charge in [-0.05, 0) is 30.4 Å². The van der Waals surface area contributed by atoms with E-state index in [-0.39, 0.29) is 0 Å². The van der Waals surface area contributed by atoms with Crippen molar-refractivity contribution in [1.29, 1.82) is 0 Å². The highest BCUT2D eigenvalue weighted by molar-refractivity contribution is 5.42. The van der Waals surface area contributed by atoms with Gasteiger partial charge in [-0.25, -0.2) is 9.97 Å². The maximum Gasteiger partial charge on any atom is 0.132 e. The second-order valence-electron chi connectivity index (χ2n) is 4.38. The quantitative estimate of drug-likeness (QED) is 0.716. The molecule has 0 amide bonds. The van der Waals surface area contributed by atoms with Crippen molar-refractivity contribution in [3.63, 3.8) is 0 Å². The molecule has 1 aliphatic heterocycles. The van der Waals surface area contributed by atoms with E-state index in [0.29, 0.717) is 0 Å². The van der Waals surface area contributed by atoms with Crippen LogP contribution in [0.2, 0.25) is 0 Å². The summed E-state index contributed by atoms with van der Waals surface area (Å²) in [6, 6.07) is 1.99. The lowest BCUT2D eigenvalue weighted by Gasteiger charge is -2.35. The van der Waals surface area contributed by atoms with Crippen LogP contribution < -0.4 is 4.90 Å². The van der Waals surface area contributed by atoms with Crippen molar-refractivity contribution in [3.8, 4) is 0 Å². The Morgan fingerprint density at radius 2 is 2.38 bits per heavy atom. The molecule has 3 rings (SSSR count). The summed E-state index contributed by atoms with van der Waals surface area (Å²) in [5.74, 6) is 1.81. The predicted molar refractivity (Wildman–Crippen MR) is 64.2 cm³/mol. The molecule has 0 saturated carbocycles. The van der Waals surface area contributed by atoms with Gasteiger partial charge in [0.25, 0.3) is 0 Å². The van der Waals surface area contributed by atoms with Crippen LogP contribution in [0, 0.1) is 5.92 Å². The highest BCUT2D eigenvalue weighted by Crippen LogP contribution is 2.30. The average molecular weight is 213 g/mol. The lowest BCUT2D eigenvalue weighted by molar-refractivity contribution is 0.500. The average Bonchev–Trinajstić information content (AvgIpc) is 2.39. The van der Waals surface area contributed by atoms with E-state index >= 15 is 0 Å². The van der Waals surface area contributed by atoms with Crippen LogP contribution in [-0.2, 0) is 0 Å². The van der Waals surface area contributed by atoms with E-state index in [0.717, 1.165) is 24.8 Å². The molecule has 1 fully saturated rings. The van der Waals surface area contributed by atoms with E-state index in [9.17, 15) is 0 Å². The summed E-state index contributed by atoms with van der Waals surface area (Å²) in [5, 5.41) is 0. The number of anilines is 1. The fraction of sp³-hybridized carbons (Fsp3) is 0.385. The maximum absolute atomic E-state index is 4.31. The van der Waals surface area contributed by atoms with Gasteiger partial charge >= 0.3 is 0 Å². The predicted octanol–water partition coefficient (Wildman–Crippen LogP) is 2.19. The van der Waals surface area contributed by atoms with Crippen molar-refractivity contribution in [3.05, 3.63) is 42.4 Å². The third-order valence-corrected chi connectivity index (χ3v) is 3.40. The highest BCUT2D eigenvalue weighted by atomic mass is 15.2. The molecule has 1 aromatic heterocycles. The fourth-order valence-electron chi connectivity index (χ4n) is 2.48. The number of aromatic nitrogens is 2. The Bertz CT molecular complexity index is 422. The topological polar surface area (TPSA) is 29.0 Å². The van der Waals surface area contributed by atoms with Gasteiger partial charge in [0.05, 0.1) is 0 Å². The Morgan fingerprint density at radius 1 is 1.38 bits per heavy atom. The Labute approximate surface area is 95.5 Å². The molecule has 2 aliphatic rings. The monoisotopic (exact) mass is 213 g/mol. The van der Waals surface area contributed by atoms with Gasteiger partial charge in [0, 0.05) is 19.3 Å². The van der Waals surface area contributed by atoms with Gasteiger partial charge in [-0.3, -0.25) is 0 Å². The summed E-state index contributed by atoms with van der Waals surface area (Å²) in [7, 11) is 0. The minimum Gasteiger partial charge on any atom is -0.352 e. The maximum atomic E-state index is 4.31. The number of nitrogens with zero attached hydrogens (tertiary/aromatic N) is 3. The molecule has 1 aromatic rings. The number of rotatable bonds is 1. The second kappa shape index (κ2) is 4.08. The molecule has 82 valence electrons. The Hall–Kier alpha value is -1.64. The first-order valence-corrected chi connectivity index (χ1v) is 5.80. The summed E-state index contributed by atoms with van der Waals surface area (Å²) < 4.78 is 0. The van der Waals surface area contributed by atoms with Gasteiger partial charge in [-0.15, -0.1) is 0 Å². The number of allylic oxidation sites excluding steroid dienone is 3. The van der Waals surface area contributed by atoms with Crippen molar-refractivity contribution in [2.75, 3.05) is 18.0 Å². The summed E-state index contributed by atoms with van der Waals surface area (Å²) in [5.41, 5.74) is 1.55. The van der Waals surface area contributed by atoms with Crippen molar-refractivity contribution in [2.24, 2.45) is 5.92 Å². The molecular weight excluding hydrogens is 198 g/mol. The van der Waals surface area contributed by atoms with Crippen LogP contribution in [0.5, 0.6) is 0 Å². The number of hydrogen-bond acceptors (Lipinski definition) is 3. The first kappa shape index (κ1) is 9.58. The molecule has 1 unspecified atom stereocenters. The van der Waals surface area contributed by atoms with Gasteiger partial charge in [0.15, 0.2) is 0 Å². The minimum atomic E-state index is 0.767. The van der Waals surface area contributed by atoms with Crippen LogP contribution in [0.25, 0.3) is 0 Å². The first-order chi connectivity index (χ1) is 7.93. The van der Waals surface area contributed by atoms with Crippen molar-refractivity contribution in [2.45, 2.75) is 12.8 Å². The van der Waals surface area contributed by atoms with Crippen LogP contribution in [-0.4, -0.2) is 23.1 Å².